The number of anilines is 1. The van der Waals surface area contributed by atoms with Crippen LogP contribution in [0.3, 0.4) is 0 Å². The van der Waals surface area contributed by atoms with Crippen LogP contribution in [0.5, 0.6) is 5.75 Å². The molecule has 0 saturated heterocycles. The van der Waals surface area contributed by atoms with Crippen LogP contribution < -0.4 is 15.4 Å². The summed E-state index contributed by atoms with van der Waals surface area (Å²) >= 11 is 0. The fourth-order valence-electron chi connectivity index (χ4n) is 2.13. The Balaban J connectivity index is 2.38. The number of carboxylic acid groups (broad SMARTS) is 1. The molecular weight excluding hydrogens is 260 g/mol. The van der Waals surface area contributed by atoms with E-state index in [1.165, 1.54) is 11.0 Å². The van der Waals surface area contributed by atoms with Crippen LogP contribution in [0.4, 0.5) is 5.69 Å². The molecule has 1 aromatic carbocycles. The molecule has 6 nitrogen and oxygen atoms in total. The first-order valence-corrected chi connectivity index (χ1v) is 6.23. The summed E-state index contributed by atoms with van der Waals surface area (Å²) in [5.41, 5.74) is 6.28. The van der Waals surface area contributed by atoms with Crippen LogP contribution in [0, 0.1) is 0 Å². The van der Waals surface area contributed by atoms with E-state index in [1.54, 1.807) is 18.2 Å². The normalized spacial score (nSPS) is 14.9. The summed E-state index contributed by atoms with van der Waals surface area (Å²) in [6.07, 6.45) is 1.95. The molecule has 2 rings (SSSR count). The topological polar surface area (TPSA) is 92.9 Å². The van der Waals surface area contributed by atoms with Crippen molar-refractivity contribution >= 4 is 17.6 Å². The van der Waals surface area contributed by atoms with Crippen LogP contribution in [0.2, 0.25) is 0 Å². The minimum absolute atomic E-state index is 0.0392. The van der Waals surface area contributed by atoms with Crippen LogP contribution in [0.15, 0.2) is 30.9 Å². The number of carbonyl (C=O) groups is 2. The Labute approximate surface area is 116 Å². The maximum absolute atomic E-state index is 12.3. The van der Waals surface area contributed by atoms with Crippen LogP contribution in [-0.2, 0) is 4.79 Å². The molecule has 1 amide bonds. The van der Waals surface area contributed by atoms with E-state index >= 15 is 0 Å². The highest BCUT2D eigenvalue weighted by Crippen LogP contribution is 2.35. The quantitative estimate of drug-likeness (QED) is 0.801. The van der Waals surface area contributed by atoms with Crippen LogP contribution in [0.1, 0.15) is 16.8 Å². The number of carbonyl (C=O) groups excluding carboxylic acids is 1. The lowest BCUT2D eigenvalue weighted by Crippen LogP contribution is -2.47. The molecule has 1 aliphatic heterocycles. The molecule has 0 aliphatic carbocycles. The second-order valence-electron chi connectivity index (χ2n) is 4.43. The Kier molecular flexibility index (Phi) is 4.05. The summed E-state index contributed by atoms with van der Waals surface area (Å²) in [5, 5.41) is 9.14. The molecule has 0 aromatic heterocycles. The maximum atomic E-state index is 12.3. The highest BCUT2D eigenvalue weighted by molar-refractivity contribution is 6.02. The van der Waals surface area contributed by atoms with Crippen LogP contribution >= 0.6 is 0 Å². The van der Waals surface area contributed by atoms with Crippen molar-refractivity contribution in [1.82, 2.24) is 0 Å². The van der Waals surface area contributed by atoms with Gasteiger partial charge < -0.3 is 20.5 Å². The van der Waals surface area contributed by atoms with Gasteiger partial charge in [0.1, 0.15) is 12.2 Å². The summed E-state index contributed by atoms with van der Waals surface area (Å²) in [6, 6.07) is 3.99. The monoisotopic (exact) mass is 276 g/mol. The van der Waals surface area contributed by atoms with E-state index in [1.807, 2.05) is 0 Å². The van der Waals surface area contributed by atoms with E-state index in [-0.39, 0.29) is 23.8 Å². The van der Waals surface area contributed by atoms with E-state index in [0.29, 0.717) is 18.7 Å². The van der Waals surface area contributed by atoms with Crippen LogP contribution in [0.25, 0.3) is 0 Å². The molecule has 1 unspecified atom stereocenters. The van der Waals surface area contributed by atoms with Gasteiger partial charge in [-0.05, 0) is 18.6 Å². The number of hydrogen-bond donors (Lipinski definition) is 2. The summed E-state index contributed by atoms with van der Waals surface area (Å²) < 4.78 is 5.40. The Morgan fingerprint density at radius 1 is 1.55 bits per heavy atom. The molecule has 3 N–H and O–H groups in total. The van der Waals surface area contributed by atoms with Crippen molar-refractivity contribution in [2.24, 2.45) is 5.73 Å². The van der Waals surface area contributed by atoms with E-state index in [2.05, 4.69) is 6.58 Å². The average Bonchev–Trinajstić information content (AvgIpc) is 2.45. The number of ether oxygens (including phenoxy) is 1. The molecular formula is C14H16N2O4. The van der Waals surface area contributed by atoms with Gasteiger partial charge in [-0.25, -0.2) is 4.79 Å². The highest BCUT2D eigenvalue weighted by Gasteiger charge is 2.29. The Morgan fingerprint density at radius 2 is 2.30 bits per heavy atom. The highest BCUT2D eigenvalue weighted by atomic mass is 16.5. The van der Waals surface area contributed by atoms with Gasteiger partial charge in [0, 0.05) is 0 Å². The number of carboxylic acids is 1. The van der Waals surface area contributed by atoms with Crippen LogP contribution in [-0.4, -0.2) is 36.2 Å². The standard InChI is InChI=1S/C14H16N2O4/c1-2-4-10(15)13(17)16-7-8-20-12-9(14(18)19)5-3-6-11(12)16/h2-3,5-6,10H,1,4,7-8,15H2,(H,18,19). The van der Waals surface area contributed by atoms with Crippen molar-refractivity contribution in [2.45, 2.75) is 12.5 Å². The fraction of sp³-hybridized carbons (Fsp3) is 0.286. The second-order valence-corrected chi connectivity index (χ2v) is 4.43. The lowest BCUT2D eigenvalue weighted by Gasteiger charge is -2.31. The molecule has 0 bridgehead atoms. The SMILES string of the molecule is C=CCC(N)C(=O)N1CCOc2c(C(=O)O)cccc21. The van der Waals surface area contributed by atoms with Gasteiger partial charge >= 0.3 is 5.97 Å². The molecule has 0 radical (unpaired) electrons. The third kappa shape index (κ3) is 2.50. The van der Waals surface area contributed by atoms with Gasteiger partial charge in [-0.2, -0.15) is 0 Å². The number of fused-ring (bicyclic) bond motifs is 1. The van der Waals surface area contributed by atoms with Gasteiger partial charge in [0.25, 0.3) is 0 Å². The number of hydrogen-bond acceptors (Lipinski definition) is 4. The first kappa shape index (κ1) is 14.1. The van der Waals surface area contributed by atoms with E-state index in [9.17, 15) is 9.59 Å². The van der Waals surface area contributed by atoms with Crippen molar-refractivity contribution < 1.29 is 19.4 Å². The number of nitrogens with zero attached hydrogens (tertiary/aromatic N) is 1. The third-order valence-corrected chi connectivity index (χ3v) is 3.08. The van der Waals surface area contributed by atoms with Gasteiger partial charge in [-0.1, -0.05) is 12.1 Å². The second kappa shape index (κ2) is 5.75. The van der Waals surface area contributed by atoms with E-state index in [0.717, 1.165) is 0 Å². The minimum Gasteiger partial charge on any atom is -0.489 e. The van der Waals surface area contributed by atoms with Gasteiger partial charge in [0.15, 0.2) is 5.75 Å². The van der Waals surface area contributed by atoms with Gasteiger partial charge in [-0.15, -0.1) is 6.58 Å². The summed E-state index contributed by atoms with van der Waals surface area (Å²) in [4.78, 5) is 24.9. The zero-order valence-electron chi connectivity index (χ0n) is 10.9. The number of nitrogens with two attached hydrogens (primary N) is 1. The Morgan fingerprint density at radius 3 is 2.95 bits per heavy atom. The molecule has 6 heteroatoms. The van der Waals surface area contributed by atoms with E-state index in [4.69, 9.17) is 15.6 Å². The van der Waals surface area contributed by atoms with Gasteiger partial charge in [0.2, 0.25) is 5.91 Å². The smallest absolute Gasteiger partial charge is 0.339 e. The molecule has 0 fully saturated rings. The molecule has 1 heterocycles. The van der Waals surface area contributed by atoms with Gasteiger partial charge in [0.05, 0.1) is 18.3 Å². The largest absolute Gasteiger partial charge is 0.489 e. The zero-order chi connectivity index (χ0) is 14.7. The number of amides is 1. The lowest BCUT2D eigenvalue weighted by molar-refractivity contribution is -0.120. The van der Waals surface area contributed by atoms with Crippen molar-refractivity contribution in [3.05, 3.63) is 36.4 Å². The molecule has 20 heavy (non-hydrogen) atoms. The number of rotatable bonds is 4. The van der Waals surface area contributed by atoms with Crippen molar-refractivity contribution in [1.29, 1.82) is 0 Å². The minimum atomic E-state index is -1.09. The number of aromatic carboxylic acids is 1. The van der Waals surface area contributed by atoms with Gasteiger partial charge in [-0.3, -0.25) is 4.79 Å². The van der Waals surface area contributed by atoms with E-state index < -0.39 is 12.0 Å². The number of benzene rings is 1. The summed E-state index contributed by atoms with van der Waals surface area (Å²) in [7, 11) is 0. The fourth-order valence-corrected chi connectivity index (χ4v) is 2.13. The molecule has 1 aromatic rings. The molecule has 1 aliphatic rings. The van der Waals surface area contributed by atoms with Crippen molar-refractivity contribution in [3.63, 3.8) is 0 Å². The average molecular weight is 276 g/mol. The molecule has 106 valence electrons. The summed E-state index contributed by atoms with van der Waals surface area (Å²) in [5.74, 6) is -1.14. The zero-order valence-corrected chi connectivity index (χ0v) is 10.9. The lowest BCUT2D eigenvalue weighted by atomic mass is 10.1. The third-order valence-electron chi connectivity index (χ3n) is 3.08. The predicted molar refractivity (Wildman–Crippen MR) is 74.0 cm³/mol. The molecule has 0 spiro atoms. The predicted octanol–water partition coefficient (Wildman–Crippen LogP) is 1.01. The van der Waals surface area contributed by atoms with Crippen molar-refractivity contribution in [2.75, 3.05) is 18.1 Å². The molecule has 1 atom stereocenters. The molecule has 0 saturated carbocycles. The first-order valence-electron chi connectivity index (χ1n) is 6.23. The maximum Gasteiger partial charge on any atom is 0.339 e. The number of para-hydroxylation sites is 1. The summed E-state index contributed by atoms with van der Waals surface area (Å²) in [6.45, 7) is 4.14. The Hall–Kier alpha value is -2.34. The van der Waals surface area contributed by atoms with Crippen molar-refractivity contribution in [3.8, 4) is 5.75 Å². The Bertz CT molecular complexity index is 556. The first-order chi connectivity index (χ1) is 9.56.